The number of nitrogens with one attached hydrogen (secondary N) is 1. The van der Waals surface area contributed by atoms with Crippen molar-refractivity contribution in [2.24, 2.45) is 23.2 Å². The lowest BCUT2D eigenvalue weighted by Crippen LogP contribution is -2.46. The van der Waals surface area contributed by atoms with Gasteiger partial charge in [-0.15, -0.1) is 0 Å². The highest BCUT2D eigenvalue weighted by Gasteiger charge is 2.49. The molecule has 0 radical (unpaired) electrons. The molecule has 238 valence electrons. The molecule has 3 aromatic carbocycles. The molecule has 2 bridgehead atoms. The van der Waals surface area contributed by atoms with E-state index in [0.717, 1.165) is 22.8 Å². The first kappa shape index (κ1) is 31.2. The third-order valence-corrected chi connectivity index (χ3v) is 9.96. The molecular weight excluding hydrogens is 584 g/mol. The molecule has 1 amide bonds. The van der Waals surface area contributed by atoms with Crippen molar-refractivity contribution in [1.29, 1.82) is 5.26 Å². The van der Waals surface area contributed by atoms with E-state index in [2.05, 4.69) is 11.4 Å². The maximum Gasteiger partial charge on any atom is 0.312 e. The summed E-state index contributed by atoms with van der Waals surface area (Å²) in [4.78, 5) is 39.4. The van der Waals surface area contributed by atoms with Crippen molar-refractivity contribution in [1.82, 2.24) is 5.32 Å². The summed E-state index contributed by atoms with van der Waals surface area (Å²) < 4.78 is 22.7. The maximum atomic E-state index is 13.6. The topological polar surface area (TPSA) is 124 Å². The average molecular weight is 623 g/mol. The van der Waals surface area contributed by atoms with Crippen LogP contribution in [-0.4, -0.2) is 44.2 Å². The smallest absolute Gasteiger partial charge is 0.312 e. The van der Waals surface area contributed by atoms with Crippen LogP contribution in [0.2, 0.25) is 0 Å². The second-order valence-electron chi connectivity index (χ2n) is 12.7. The molecule has 0 aromatic heterocycles. The zero-order valence-electron chi connectivity index (χ0n) is 26.3. The van der Waals surface area contributed by atoms with Crippen LogP contribution in [0.1, 0.15) is 60.5 Å². The lowest BCUT2D eigenvalue weighted by atomic mass is 9.74. The lowest BCUT2D eigenvalue weighted by Gasteiger charge is -2.35. The fraction of sp³-hybridized carbons (Fsp3) is 0.405. The molecule has 0 saturated heterocycles. The van der Waals surface area contributed by atoms with Gasteiger partial charge in [0.05, 0.1) is 42.8 Å². The van der Waals surface area contributed by atoms with Crippen molar-refractivity contribution in [2.75, 3.05) is 14.2 Å². The number of carbonyl (C=O) groups is 3. The third kappa shape index (κ3) is 5.92. The van der Waals surface area contributed by atoms with Crippen LogP contribution in [0, 0.1) is 34.5 Å². The Morgan fingerprint density at radius 3 is 2.46 bits per heavy atom. The molecule has 9 nitrogen and oxygen atoms in total. The fourth-order valence-electron chi connectivity index (χ4n) is 7.26. The van der Waals surface area contributed by atoms with E-state index in [0.29, 0.717) is 25.7 Å². The largest absolute Gasteiger partial charge is 0.496 e. The van der Waals surface area contributed by atoms with Crippen molar-refractivity contribution < 1.29 is 33.3 Å². The van der Waals surface area contributed by atoms with Gasteiger partial charge in [-0.25, -0.2) is 0 Å². The minimum absolute atomic E-state index is 0.0250. The van der Waals surface area contributed by atoms with Crippen molar-refractivity contribution in [3.8, 4) is 17.6 Å². The highest BCUT2D eigenvalue weighted by molar-refractivity contribution is 5.98. The number of carbonyl (C=O) groups excluding carboxylic acids is 3. The predicted octanol–water partition coefficient (Wildman–Crippen LogP) is 5.88. The van der Waals surface area contributed by atoms with Crippen molar-refractivity contribution in [3.05, 3.63) is 83.4 Å². The molecule has 4 atom stereocenters. The first-order chi connectivity index (χ1) is 22.2. The minimum atomic E-state index is -0.654. The number of allylic oxidation sites excluding steroid dienone is 1. The monoisotopic (exact) mass is 622 g/mol. The standard InChI is InChI=1S/C37H38N2O7/c1-37(36(42)45-21-25-9-6-8-22-7-4-5-10-28(22)25)15-13-27(14-16-37)46-30-19-29(31(43-2)18-26(30)20-38)34(40)39-33-24-12-11-23(17-24)32(33)35(41)44-3/h4-12,18-19,23-24,27,32-33H,13-17,21H2,1-3H3,(H,39,40)/t23-,24+,27?,32+,33-,37?/m1/s1. The van der Waals surface area contributed by atoms with Crippen molar-refractivity contribution in [3.63, 3.8) is 0 Å². The van der Waals surface area contributed by atoms with E-state index < -0.39 is 23.3 Å². The van der Waals surface area contributed by atoms with Crippen LogP contribution < -0.4 is 14.8 Å². The predicted molar refractivity (Wildman–Crippen MR) is 170 cm³/mol. The van der Waals surface area contributed by atoms with Gasteiger partial charge in [-0.05, 0) is 73.3 Å². The quantitative estimate of drug-likeness (QED) is 0.232. The second kappa shape index (κ2) is 12.9. The molecule has 2 saturated carbocycles. The number of rotatable bonds is 9. The van der Waals surface area contributed by atoms with E-state index in [1.54, 1.807) is 0 Å². The molecule has 3 aliphatic carbocycles. The fourth-order valence-corrected chi connectivity index (χ4v) is 7.26. The maximum absolute atomic E-state index is 13.6. The van der Waals surface area contributed by atoms with Gasteiger partial charge < -0.3 is 24.3 Å². The van der Waals surface area contributed by atoms with E-state index in [1.807, 2.05) is 61.5 Å². The van der Waals surface area contributed by atoms with E-state index in [1.165, 1.54) is 26.4 Å². The Balaban J connectivity index is 1.11. The molecule has 2 fully saturated rings. The Labute approximate surface area is 268 Å². The number of nitriles is 1. The normalized spacial score (nSPS) is 26.3. The number of fused-ring (bicyclic) bond motifs is 3. The minimum Gasteiger partial charge on any atom is -0.496 e. The first-order valence-corrected chi connectivity index (χ1v) is 15.7. The number of amides is 1. The van der Waals surface area contributed by atoms with E-state index in [9.17, 15) is 19.6 Å². The Hall–Kier alpha value is -4.84. The van der Waals surface area contributed by atoms with Crippen LogP contribution in [0.4, 0.5) is 0 Å². The molecule has 0 spiro atoms. The average Bonchev–Trinajstić information content (AvgIpc) is 3.70. The number of esters is 2. The van der Waals surface area contributed by atoms with E-state index >= 15 is 0 Å². The van der Waals surface area contributed by atoms with Gasteiger partial charge >= 0.3 is 11.9 Å². The highest BCUT2D eigenvalue weighted by Crippen LogP contribution is 2.45. The summed E-state index contributed by atoms with van der Waals surface area (Å²) in [5.74, 6) is -0.890. The van der Waals surface area contributed by atoms with Gasteiger partial charge in [0.1, 0.15) is 24.2 Å². The zero-order valence-corrected chi connectivity index (χ0v) is 26.3. The molecule has 0 unspecified atom stereocenters. The van der Waals surface area contributed by atoms with Gasteiger partial charge in [-0.1, -0.05) is 54.6 Å². The van der Waals surface area contributed by atoms with E-state index in [-0.39, 0.29) is 59.1 Å². The Morgan fingerprint density at radius 1 is 0.978 bits per heavy atom. The van der Waals surface area contributed by atoms with Gasteiger partial charge in [0.15, 0.2) is 0 Å². The van der Waals surface area contributed by atoms with E-state index in [4.69, 9.17) is 18.9 Å². The number of methoxy groups -OCH3 is 2. The van der Waals surface area contributed by atoms with Crippen LogP contribution in [0.5, 0.6) is 11.5 Å². The second-order valence-corrected chi connectivity index (χ2v) is 12.7. The van der Waals surface area contributed by atoms with Crippen LogP contribution in [0.25, 0.3) is 10.8 Å². The Kier molecular flexibility index (Phi) is 8.72. The molecule has 0 aliphatic heterocycles. The van der Waals surface area contributed by atoms with Crippen LogP contribution in [0.3, 0.4) is 0 Å². The van der Waals surface area contributed by atoms with Gasteiger partial charge in [0.2, 0.25) is 0 Å². The van der Waals surface area contributed by atoms with Crippen molar-refractivity contribution in [2.45, 2.75) is 57.8 Å². The lowest BCUT2D eigenvalue weighted by molar-refractivity contribution is -0.159. The SMILES string of the molecule is COC(=O)[C@@H]1[C@H](NC(=O)c2cc(OC3CCC(C)(C(=O)OCc4cccc5ccccc45)CC3)c(C#N)cc2OC)[C@H]2C=C[C@@H]1C2. The molecule has 6 rings (SSSR count). The molecule has 0 heterocycles. The Morgan fingerprint density at radius 2 is 1.72 bits per heavy atom. The van der Waals surface area contributed by atoms with Crippen LogP contribution >= 0.6 is 0 Å². The van der Waals surface area contributed by atoms with Gasteiger partial charge in [0.25, 0.3) is 5.91 Å². The Bertz CT molecular complexity index is 1730. The molecule has 3 aliphatic rings. The number of benzene rings is 3. The summed E-state index contributed by atoms with van der Waals surface area (Å²) in [6.45, 7) is 2.13. The summed E-state index contributed by atoms with van der Waals surface area (Å²) >= 11 is 0. The summed E-state index contributed by atoms with van der Waals surface area (Å²) in [6, 6.07) is 18.8. The van der Waals surface area contributed by atoms with Crippen LogP contribution in [-0.2, 0) is 25.7 Å². The highest BCUT2D eigenvalue weighted by atomic mass is 16.5. The molecular formula is C37H38N2O7. The third-order valence-electron chi connectivity index (χ3n) is 9.96. The molecule has 1 N–H and O–H groups in total. The zero-order chi connectivity index (χ0) is 32.4. The number of hydrogen-bond donors (Lipinski definition) is 1. The molecule has 3 aromatic rings. The molecule has 46 heavy (non-hydrogen) atoms. The first-order valence-electron chi connectivity index (χ1n) is 15.7. The van der Waals surface area contributed by atoms with Crippen LogP contribution in [0.15, 0.2) is 66.7 Å². The summed E-state index contributed by atoms with van der Waals surface area (Å²) in [7, 11) is 2.79. The van der Waals surface area contributed by atoms with Gasteiger partial charge in [-0.2, -0.15) is 5.26 Å². The number of ether oxygens (including phenoxy) is 4. The van der Waals surface area contributed by atoms with Gasteiger partial charge in [0, 0.05) is 12.1 Å². The number of hydrogen-bond acceptors (Lipinski definition) is 8. The van der Waals surface area contributed by atoms with Gasteiger partial charge in [-0.3, -0.25) is 14.4 Å². The summed E-state index contributed by atoms with van der Waals surface area (Å²) in [5, 5.41) is 15.1. The summed E-state index contributed by atoms with van der Waals surface area (Å²) in [5.41, 5.74) is 0.767. The van der Waals surface area contributed by atoms with Crippen molar-refractivity contribution >= 4 is 28.6 Å². The summed E-state index contributed by atoms with van der Waals surface area (Å²) in [6.07, 6.45) is 6.86. The number of nitrogens with zero attached hydrogens (tertiary/aromatic N) is 1. The molecule has 9 heteroatoms.